The van der Waals surface area contributed by atoms with Gasteiger partial charge in [0.2, 0.25) is 0 Å². The minimum Gasteiger partial charge on any atom is -0.348 e. The average Bonchev–Trinajstić information content (AvgIpc) is 2.60. The highest BCUT2D eigenvalue weighted by Gasteiger charge is 2.22. The van der Waals surface area contributed by atoms with Crippen LogP contribution < -0.4 is 5.32 Å². The Hall–Kier alpha value is -2.20. The maximum absolute atomic E-state index is 12.4. The van der Waals surface area contributed by atoms with E-state index in [0.29, 0.717) is 12.1 Å². The standard InChI is InChI=1S/C22H29N3O/c1-16-10-17(2)14-25(13-16)15-21-7-5-4-6-19(21)11-24-22(26)20-9-8-18(3)23-12-20/h4-9,12,16-17H,10-11,13-15H2,1-3H3,(H,24,26). The molecule has 4 heteroatoms. The lowest BCUT2D eigenvalue weighted by atomic mass is 9.91. The number of likely N-dealkylation sites (tertiary alicyclic amines) is 1. The van der Waals surface area contributed by atoms with E-state index in [2.05, 4.69) is 47.2 Å². The summed E-state index contributed by atoms with van der Waals surface area (Å²) >= 11 is 0. The number of nitrogens with zero attached hydrogens (tertiary/aromatic N) is 2. The van der Waals surface area contributed by atoms with Crippen molar-refractivity contribution in [2.75, 3.05) is 13.1 Å². The van der Waals surface area contributed by atoms with E-state index in [1.54, 1.807) is 6.20 Å². The van der Waals surface area contributed by atoms with Gasteiger partial charge in [-0.1, -0.05) is 38.1 Å². The predicted molar refractivity (Wildman–Crippen MR) is 105 cm³/mol. The Morgan fingerprint density at radius 1 is 1.12 bits per heavy atom. The van der Waals surface area contributed by atoms with Crippen LogP contribution >= 0.6 is 0 Å². The van der Waals surface area contributed by atoms with Crippen molar-refractivity contribution in [3.05, 3.63) is 65.0 Å². The maximum atomic E-state index is 12.4. The Morgan fingerprint density at radius 2 is 1.81 bits per heavy atom. The Bertz CT molecular complexity index is 731. The highest BCUT2D eigenvalue weighted by Crippen LogP contribution is 2.23. The van der Waals surface area contributed by atoms with Gasteiger partial charge in [0.1, 0.15) is 0 Å². The van der Waals surface area contributed by atoms with Gasteiger partial charge in [0.15, 0.2) is 0 Å². The van der Waals surface area contributed by atoms with E-state index < -0.39 is 0 Å². The second-order valence-electron chi connectivity index (χ2n) is 7.78. The fourth-order valence-corrected chi connectivity index (χ4v) is 3.93. The monoisotopic (exact) mass is 351 g/mol. The molecule has 1 aliphatic heterocycles. The summed E-state index contributed by atoms with van der Waals surface area (Å²) < 4.78 is 0. The topological polar surface area (TPSA) is 45.2 Å². The lowest BCUT2D eigenvalue weighted by Crippen LogP contribution is -2.38. The number of pyridine rings is 1. The predicted octanol–water partition coefficient (Wildman–Crippen LogP) is 3.80. The van der Waals surface area contributed by atoms with Crippen molar-refractivity contribution in [2.24, 2.45) is 11.8 Å². The van der Waals surface area contributed by atoms with Gasteiger partial charge >= 0.3 is 0 Å². The smallest absolute Gasteiger partial charge is 0.253 e. The number of amides is 1. The molecule has 1 fully saturated rings. The molecule has 3 rings (SSSR count). The molecule has 0 saturated carbocycles. The Morgan fingerprint density at radius 3 is 2.46 bits per heavy atom. The van der Waals surface area contributed by atoms with E-state index in [-0.39, 0.29) is 5.91 Å². The van der Waals surface area contributed by atoms with E-state index in [0.717, 1.165) is 37.2 Å². The van der Waals surface area contributed by atoms with Crippen molar-refractivity contribution in [3.8, 4) is 0 Å². The first-order valence-electron chi connectivity index (χ1n) is 9.51. The number of hydrogen-bond acceptors (Lipinski definition) is 3. The van der Waals surface area contributed by atoms with Gasteiger partial charge < -0.3 is 5.32 Å². The first-order valence-corrected chi connectivity index (χ1v) is 9.51. The summed E-state index contributed by atoms with van der Waals surface area (Å²) in [6, 6.07) is 12.1. The molecule has 4 nitrogen and oxygen atoms in total. The third-order valence-electron chi connectivity index (χ3n) is 5.07. The number of carbonyl (C=O) groups excluding carboxylic acids is 1. The third kappa shape index (κ3) is 4.92. The molecule has 0 bridgehead atoms. The largest absolute Gasteiger partial charge is 0.348 e. The number of hydrogen-bond donors (Lipinski definition) is 1. The molecule has 138 valence electrons. The van der Waals surface area contributed by atoms with Crippen LogP contribution in [0.4, 0.5) is 0 Å². The van der Waals surface area contributed by atoms with Crippen molar-refractivity contribution in [3.63, 3.8) is 0 Å². The van der Waals surface area contributed by atoms with Crippen LogP contribution in [0.2, 0.25) is 0 Å². The molecule has 1 N–H and O–H groups in total. The zero-order valence-electron chi connectivity index (χ0n) is 16.0. The Kier molecular flexibility index (Phi) is 6.04. The van der Waals surface area contributed by atoms with Gasteiger partial charge in [0.25, 0.3) is 5.91 Å². The molecule has 26 heavy (non-hydrogen) atoms. The van der Waals surface area contributed by atoms with Crippen molar-refractivity contribution in [2.45, 2.75) is 40.3 Å². The normalized spacial score (nSPS) is 20.7. The van der Waals surface area contributed by atoms with Crippen LogP contribution in [0.1, 0.15) is 47.4 Å². The summed E-state index contributed by atoms with van der Waals surface area (Å²) in [5.41, 5.74) is 4.01. The van der Waals surface area contributed by atoms with Crippen LogP contribution in [-0.4, -0.2) is 28.9 Å². The first-order chi connectivity index (χ1) is 12.5. The number of aromatic nitrogens is 1. The molecular weight excluding hydrogens is 322 g/mol. The third-order valence-corrected chi connectivity index (χ3v) is 5.07. The molecule has 2 heterocycles. The number of carbonyl (C=O) groups is 1. The number of rotatable bonds is 5. The SMILES string of the molecule is Cc1ccc(C(=O)NCc2ccccc2CN2CC(C)CC(C)C2)cn1. The summed E-state index contributed by atoms with van der Waals surface area (Å²) in [5.74, 6) is 1.42. The van der Waals surface area contributed by atoms with Crippen molar-refractivity contribution < 1.29 is 4.79 Å². The minimum atomic E-state index is -0.0764. The van der Waals surface area contributed by atoms with Crippen molar-refractivity contribution in [1.29, 1.82) is 0 Å². The fraction of sp³-hybridized carbons (Fsp3) is 0.455. The van der Waals surface area contributed by atoms with Gasteiger partial charge in [0, 0.05) is 38.1 Å². The molecule has 1 aliphatic rings. The number of piperidine rings is 1. The Balaban J connectivity index is 1.63. The maximum Gasteiger partial charge on any atom is 0.253 e. The summed E-state index contributed by atoms with van der Waals surface area (Å²) in [6.45, 7) is 10.4. The van der Waals surface area contributed by atoms with Crippen molar-refractivity contribution >= 4 is 5.91 Å². The second-order valence-corrected chi connectivity index (χ2v) is 7.78. The van der Waals surface area contributed by atoms with Gasteiger partial charge in [-0.25, -0.2) is 0 Å². The lowest BCUT2D eigenvalue weighted by molar-refractivity contribution is 0.0950. The van der Waals surface area contributed by atoms with E-state index in [4.69, 9.17) is 0 Å². The van der Waals surface area contributed by atoms with Crippen LogP contribution in [-0.2, 0) is 13.1 Å². The molecule has 2 unspecified atom stereocenters. The summed E-state index contributed by atoms with van der Waals surface area (Å²) in [4.78, 5) is 19.1. The number of benzene rings is 1. The highest BCUT2D eigenvalue weighted by atomic mass is 16.1. The summed E-state index contributed by atoms with van der Waals surface area (Å²) in [7, 11) is 0. The zero-order chi connectivity index (χ0) is 18.5. The molecule has 0 radical (unpaired) electrons. The van der Waals surface area contributed by atoms with Crippen LogP contribution in [0.5, 0.6) is 0 Å². The minimum absolute atomic E-state index is 0.0764. The van der Waals surface area contributed by atoms with E-state index >= 15 is 0 Å². The van der Waals surface area contributed by atoms with Gasteiger partial charge in [-0.15, -0.1) is 0 Å². The molecule has 1 aromatic carbocycles. The highest BCUT2D eigenvalue weighted by molar-refractivity contribution is 5.93. The van der Waals surface area contributed by atoms with Crippen LogP contribution in [0.3, 0.4) is 0 Å². The quantitative estimate of drug-likeness (QED) is 0.891. The number of nitrogens with one attached hydrogen (secondary N) is 1. The van der Waals surface area contributed by atoms with E-state index in [1.807, 2.05) is 25.1 Å². The van der Waals surface area contributed by atoms with Crippen molar-refractivity contribution in [1.82, 2.24) is 15.2 Å². The molecule has 1 saturated heterocycles. The van der Waals surface area contributed by atoms with Gasteiger partial charge in [-0.2, -0.15) is 0 Å². The molecule has 2 aromatic rings. The Labute approximate surface area is 156 Å². The molecule has 0 spiro atoms. The number of aryl methyl sites for hydroxylation is 1. The molecular formula is C22H29N3O. The molecule has 2 atom stereocenters. The van der Waals surface area contributed by atoms with Crippen LogP contribution in [0, 0.1) is 18.8 Å². The molecule has 1 amide bonds. The average molecular weight is 351 g/mol. The zero-order valence-corrected chi connectivity index (χ0v) is 16.0. The van der Waals surface area contributed by atoms with E-state index in [1.165, 1.54) is 17.5 Å². The summed E-state index contributed by atoms with van der Waals surface area (Å²) in [5, 5.41) is 3.03. The fourth-order valence-electron chi connectivity index (χ4n) is 3.93. The molecule has 0 aliphatic carbocycles. The van der Waals surface area contributed by atoms with Crippen LogP contribution in [0.25, 0.3) is 0 Å². The van der Waals surface area contributed by atoms with Crippen LogP contribution in [0.15, 0.2) is 42.6 Å². The second kappa shape index (κ2) is 8.45. The van der Waals surface area contributed by atoms with Gasteiger partial charge in [-0.3, -0.25) is 14.7 Å². The van der Waals surface area contributed by atoms with Gasteiger partial charge in [-0.05, 0) is 48.4 Å². The lowest BCUT2D eigenvalue weighted by Gasteiger charge is -2.35. The summed E-state index contributed by atoms with van der Waals surface area (Å²) in [6.07, 6.45) is 2.95. The first kappa shape index (κ1) is 18.6. The molecule has 1 aromatic heterocycles. The van der Waals surface area contributed by atoms with E-state index in [9.17, 15) is 4.79 Å². The van der Waals surface area contributed by atoms with Gasteiger partial charge in [0.05, 0.1) is 5.56 Å².